The molecule has 1 rings (SSSR count). The molecule has 1 aromatic rings. The molecule has 4 nitrogen and oxygen atoms in total. The first kappa shape index (κ1) is 17.2. The summed E-state index contributed by atoms with van der Waals surface area (Å²) in [6, 6.07) is 11.4. The van der Waals surface area contributed by atoms with E-state index in [1.165, 1.54) is 0 Å². The van der Waals surface area contributed by atoms with Crippen molar-refractivity contribution in [2.45, 2.75) is 39.7 Å². The largest absolute Gasteiger partial charge is 0.396 e. The number of rotatable bonds is 6. The number of carbonyl (C=O) groups is 1. The van der Waals surface area contributed by atoms with Crippen LogP contribution in [0, 0.1) is 22.7 Å². The van der Waals surface area contributed by atoms with Gasteiger partial charge in [-0.3, -0.25) is 4.79 Å². The molecule has 114 valence electrons. The Morgan fingerprint density at radius 3 is 2.43 bits per heavy atom. The van der Waals surface area contributed by atoms with Crippen molar-refractivity contribution in [3.8, 4) is 6.07 Å². The molecule has 4 heteroatoms. The normalized spacial score (nSPS) is 14.0. The van der Waals surface area contributed by atoms with Gasteiger partial charge in [0, 0.05) is 12.6 Å². The van der Waals surface area contributed by atoms with Gasteiger partial charge in [-0.05, 0) is 23.8 Å². The minimum Gasteiger partial charge on any atom is -0.396 e. The topological polar surface area (TPSA) is 73.1 Å². The SMILES string of the molecule is CC(C)(C)C(CCO)NC(=O)C(C#N)Cc1ccccc1. The van der Waals surface area contributed by atoms with Crippen LogP contribution in [-0.4, -0.2) is 23.7 Å². The van der Waals surface area contributed by atoms with Gasteiger partial charge >= 0.3 is 0 Å². The molecule has 2 N–H and O–H groups in total. The smallest absolute Gasteiger partial charge is 0.237 e. The zero-order valence-corrected chi connectivity index (χ0v) is 13.0. The summed E-state index contributed by atoms with van der Waals surface area (Å²) >= 11 is 0. The molecule has 0 saturated heterocycles. The van der Waals surface area contributed by atoms with Crippen LogP contribution in [0.3, 0.4) is 0 Å². The Kier molecular flexibility index (Phi) is 6.39. The van der Waals surface area contributed by atoms with Crippen LogP contribution in [0.2, 0.25) is 0 Å². The number of nitrogens with one attached hydrogen (secondary N) is 1. The van der Waals surface area contributed by atoms with Crippen molar-refractivity contribution in [2.24, 2.45) is 11.3 Å². The fourth-order valence-corrected chi connectivity index (χ4v) is 2.17. The van der Waals surface area contributed by atoms with Crippen LogP contribution in [0.4, 0.5) is 0 Å². The predicted molar refractivity (Wildman–Crippen MR) is 82.3 cm³/mol. The second-order valence-corrected chi connectivity index (χ2v) is 6.31. The van der Waals surface area contributed by atoms with Gasteiger partial charge in [-0.1, -0.05) is 51.1 Å². The van der Waals surface area contributed by atoms with Crippen molar-refractivity contribution in [1.82, 2.24) is 5.32 Å². The molecule has 2 unspecified atom stereocenters. The van der Waals surface area contributed by atoms with E-state index in [-0.39, 0.29) is 24.0 Å². The van der Waals surface area contributed by atoms with E-state index in [9.17, 15) is 10.1 Å². The number of hydrogen-bond donors (Lipinski definition) is 2. The standard InChI is InChI=1S/C17H24N2O2/c1-17(2,3)15(9-10-20)19-16(21)14(12-18)11-13-7-5-4-6-8-13/h4-8,14-15,20H,9-11H2,1-3H3,(H,19,21). The average molecular weight is 288 g/mol. The van der Waals surface area contributed by atoms with Gasteiger partial charge < -0.3 is 10.4 Å². The van der Waals surface area contributed by atoms with Crippen LogP contribution in [-0.2, 0) is 11.2 Å². The number of nitriles is 1. The highest BCUT2D eigenvalue weighted by atomic mass is 16.3. The van der Waals surface area contributed by atoms with Gasteiger partial charge in [0.05, 0.1) is 6.07 Å². The molecule has 0 spiro atoms. The maximum absolute atomic E-state index is 12.3. The van der Waals surface area contributed by atoms with Crippen LogP contribution < -0.4 is 5.32 Å². The molecule has 0 aliphatic heterocycles. The van der Waals surface area contributed by atoms with Crippen LogP contribution in [0.5, 0.6) is 0 Å². The highest BCUT2D eigenvalue weighted by molar-refractivity contribution is 5.81. The second-order valence-electron chi connectivity index (χ2n) is 6.31. The first-order valence-corrected chi connectivity index (χ1v) is 7.23. The summed E-state index contributed by atoms with van der Waals surface area (Å²) in [5.41, 5.74) is 0.805. The van der Waals surface area contributed by atoms with Crippen LogP contribution in [0.15, 0.2) is 30.3 Å². The molecule has 0 aliphatic rings. The lowest BCUT2D eigenvalue weighted by Crippen LogP contribution is -2.46. The Balaban J connectivity index is 2.73. The van der Waals surface area contributed by atoms with Crippen LogP contribution in [0.25, 0.3) is 0 Å². The monoisotopic (exact) mass is 288 g/mol. The number of aliphatic hydroxyl groups excluding tert-OH is 1. The van der Waals surface area contributed by atoms with Crippen molar-refractivity contribution in [2.75, 3.05) is 6.61 Å². The van der Waals surface area contributed by atoms with Crippen molar-refractivity contribution in [3.63, 3.8) is 0 Å². The minimum absolute atomic E-state index is 0.0120. The molecule has 0 heterocycles. The van der Waals surface area contributed by atoms with E-state index in [4.69, 9.17) is 5.11 Å². The van der Waals surface area contributed by atoms with E-state index in [1.54, 1.807) is 0 Å². The molecule has 1 aromatic carbocycles. The summed E-state index contributed by atoms with van der Waals surface area (Å²) < 4.78 is 0. The fraction of sp³-hybridized carbons (Fsp3) is 0.529. The third-order valence-corrected chi connectivity index (χ3v) is 3.53. The van der Waals surface area contributed by atoms with Gasteiger partial charge in [-0.2, -0.15) is 5.26 Å². The van der Waals surface area contributed by atoms with E-state index >= 15 is 0 Å². The van der Waals surface area contributed by atoms with Crippen molar-refractivity contribution in [3.05, 3.63) is 35.9 Å². The van der Waals surface area contributed by atoms with Gasteiger partial charge in [0.1, 0.15) is 5.92 Å². The molecule has 1 amide bonds. The van der Waals surface area contributed by atoms with E-state index in [1.807, 2.05) is 51.1 Å². The quantitative estimate of drug-likeness (QED) is 0.843. The lowest BCUT2D eigenvalue weighted by atomic mass is 9.84. The van der Waals surface area contributed by atoms with Gasteiger partial charge in [-0.25, -0.2) is 0 Å². The van der Waals surface area contributed by atoms with Gasteiger partial charge in [0.2, 0.25) is 5.91 Å². The molecule has 0 radical (unpaired) electrons. The highest BCUT2D eigenvalue weighted by Crippen LogP contribution is 2.22. The minimum atomic E-state index is -0.712. The number of benzene rings is 1. The summed E-state index contributed by atoms with van der Waals surface area (Å²) in [5.74, 6) is -0.981. The van der Waals surface area contributed by atoms with E-state index in [2.05, 4.69) is 11.4 Å². The molecule has 0 aromatic heterocycles. The Hall–Kier alpha value is -1.86. The zero-order chi connectivity index (χ0) is 15.9. The maximum Gasteiger partial charge on any atom is 0.237 e. The summed E-state index contributed by atoms with van der Waals surface area (Å²) in [4.78, 5) is 12.3. The van der Waals surface area contributed by atoms with Crippen molar-refractivity contribution < 1.29 is 9.90 Å². The second kappa shape index (κ2) is 7.80. The van der Waals surface area contributed by atoms with E-state index in [0.29, 0.717) is 12.8 Å². The molecule has 0 aliphatic carbocycles. The first-order valence-electron chi connectivity index (χ1n) is 7.23. The average Bonchev–Trinajstić information content (AvgIpc) is 2.44. The molecular formula is C17H24N2O2. The molecule has 0 bridgehead atoms. The number of aliphatic hydroxyl groups is 1. The summed E-state index contributed by atoms with van der Waals surface area (Å²) in [6.45, 7) is 6.03. The third kappa shape index (κ3) is 5.57. The number of amides is 1. The van der Waals surface area contributed by atoms with Gasteiger partial charge in [0.15, 0.2) is 0 Å². The van der Waals surface area contributed by atoms with E-state index < -0.39 is 5.92 Å². The number of nitrogens with zero attached hydrogens (tertiary/aromatic N) is 1. The number of carbonyl (C=O) groups excluding carboxylic acids is 1. The Bertz CT molecular complexity index is 486. The summed E-state index contributed by atoms with van der Waals surface area (Å²) in [7, 11) is 0. The van der Waals surface area contributed by atoms with Crippen LogP contribution >= 0.6 is 0 Å². The molecule has 21 heavy (non-hydrogen) atoms. The lowest BCUT2D eigenvalue weighted by Gasteiger charge is -2.31. The molecule has 2 atom stereocenters. The third-order valence-electron chi connectivity index (χ3n) is 3.53. The van der Waals surface area contributed by atoms with Crippen LogP contribution in [0.1, 0.15) is 32.8 Å². The molecule has 0 fully saturated rings. The Labute approximate surface area is 126 Å². The molecular weight excluding hydrogens is 264 g/mol. The molecule has 0 saturated carbocycles. The number of hydrogen-bond acceptors (Lipinski definition) is 3. The predicted octanol–water partition coefficient (Wildman–Crippen LogP) is 2.28. The Morgan fingerprint density at radius 1 is 1.33 bits per heavy atom. The van der Waals surface area contributed by atoms with Gasteiger partial charge in [0.25, 0.3) is 0 Å². The van der Waals surface area contributed by atoms with Crippen molar-refractivity contribution >= 4 is 5.91 Å². The fourth-order valence-electron chi connectivity index (χ4n) is 2.17. The van der Waals surface area contributed by atoms with E-state index in [0.717, 1.165) is 5.56 Å². The Morgan fingerprint density at radius 2 is 1.95 bits per heavy atom. The first-order chi connectivity index (χ1) is 9.88. The maximum atomic E-state index is 12.3. The summed E-state index contributed by atoms with van der Waals surface area (Å²) in [6.07, 6.45) is 0.887. The summed E-state index contributed by atoms with van der Waals surface area (Å²) in [5, 5.41) is 21.3. The highest BCUT2D eigenvalue weighted by Gasteiger charge is 2.28. The lowest BCUT2D eigenvalue weighted by molar-refractivity contribution is -0.125. The van der Waals surface area contributed by atoms with Crippen molar-refractivity contribution in [1.29, 1.82) is 5.26 Å². The van der Waals surface area contributed by atoms with Gasteiger partial charge in [-0.15, -0.1) is 0 Å². The zero-order valence-electron chi connectivity index (χ0n) is 13.0.